The third kappa shape index (κ3) is 4.80. The molecule has 3 aromatic heterocycles. The molecule has 11 nitrogen and oxygen atoms in total. The zero-order chi connectivity index (χ0) is 21.8. The van der Waals surface area contributed by atoms with E-state index in [4.69, 9.17) is 10.4 Å². The molecule has 1 fully saturated rings. The van der Waals surface area contributed by atoms with Crippen molar-refractivity contribution < 1.29 is 9.42 Å². The molecule has 1 aliphatic rings. The monoisotopic (exact) mass is 443 g/mol. The van der Waals surface area contributed by atoms with Gasteiger partial charge in [-0.05, 0) is 49.3 Å². The second-order valence-electron chi connectivity index (χ2n) is 7.62. The first-order valence-electron chi connectivity index (χ1n) is 10.2. The molecule has 3 N–H and O–H groups in total. The summed E-state index contributed by atoms with van der Waals surface area (Å²) >= 11 is 1.59. The second kappa shape index (κ2) is 9.35. The third-order valence-corrected chi connectivity index (χ3v) is 6.33. The number of hydrazone groups is 1. The van der Waals surface area contributed by atoms with E-state index in [1.54, 1.807) is 17.6 Å². The fourth-order valence-corrected chi connectivity index (χ4v) is 4.49. The third-order valence-electron chi connectivity index (χ3n) is 5.39. The van der Waals surface area contributed by atoms with Crippen LogP contribution in [0.15, 0.2) is 21.9 Å². The number of aryl methyl sites for hydroxylation is 1. The van der Waals surface area contributed by atoms with Crippen LogP contribution in [-0.2, 0) is 6.54 Å². The highest BCUT2D eigenvalue weighted by atomic mass is 32.1. The molecule has 1 aliphatic carbocycles. The van der Waals surface area contributed by atoms with E-state index in [2.05, 4.69) is 36.1 Å². The van der Waals surface area contributed by atoms with E-state index in [-0.39, 0.29) is 17.3 Å². The standard InChI is InChI=1S/C19H25N9O2S/c1-12-8-9-14(31-12)10-21-23-19(29)16-15(11-27(2)13-6-4-3-5-7-13)28(26-22-16)18-17(20)24-30-25-18/h8-10,13H,3-7,11H2,1-2H3,(H2,20,24)(H,23,29)/b21-10+. The van der Waals surface area contributed by atoms with Gasteiger partial charge in [0.25, 0.3) is 5.91 Å². The maximum absolute atomic E-state index is 12.8. The molecular weight excluding hydrogens is 418 g/mol. The van der Waals surface area contributed by atoms with Crippen molar-refractivity contribution in [3.05, 3.63) is 33.3 Å². The lowest BCUT2D eigenvalue weighted by Gasteiger charge is -2.31. The summed E-state index contributed by atoms with van der Waals surface area (Å²) in [6.45, 7) is 2.46. The highest BCUT2D eigenvalue weighted by molar-refractivity contribution is 7.13. The van der Waals surface area contributed by atoms with Crippen molar-refractivity contribution in [1.29, 1.82) is 0 Å². The number of hydrogen-bond donors (Lipinski definition) is 2. The number of rotatable bonds is 7. The van der Waals surface area contributed by atoms with Crippen molar-refractivity contribution in [3.8, 4) is 5.82 Å². The van der Waals surface area contributed by atoms with Crippen LogP contribution in [0.4, 0.5) is 5.82 Å². The lowest BCUT2D eigenvalue weighted by atomic mass is 9.94. The van der Waals surface area contributed by atoms with Crippen LogP contribution in [0.1, 0.15) is 58.0 Å². The minimum atomic E-state index is -0.460. The Labute approximate surface area is 183 Å². The maximum Gasteiger partial charge on any atom is 0.293 e. The SMILES string of the molecule is Cc1ccc(/C=N/NC(=O)c2nnn(-c3nonc3N)c2CN(C)C2CCCCC2)s1. The van der Waals surface area contributed by atoms with Crippen molar-refractivity contribution in [2.75, 3.05) is 12.8 Å². The van der Waals surface area contributed by atoms with Crippen LogP contribution in [0.3, 0.4) is 0 Å². The highest BCUT2D eigenvalue weighted by Crippen LogP contribution is 2.24. The Morgan fingerprint density at radius 3 is 2.87 bits per heavy atom. The molecule has 0 radical (unpaired) electrons. The first-order valence-corrected chi connectivity index (χ1v) is 11.0. The van der Waals surface area contributed by atoms with Crippen molar-refractivity contribution in [1.82, 2.24) is 35.6 Å². The number of nitrogen functional groups attached to an aromatic ring is 1. The number of nitrogens with one attached hydrogen (secondary N) is 1. The first kappa shape index (κ1) is 21.1. The number of amides is 1. The van der Waals surface area contributed by atoms with Crippen LogP contribution in [0.5, 0.6) is 0 Å². The Morgan fingerprint density at radius 1 is 1.39 bits per heavy atom. The van der Waals surface area contributed by atoms with Crippen LogP contribution in [0, 0.1) is 6.92 Å². The number of carbonyl (C=O) groups is 1. The normalized spacial score (nSPS) is 15.2. The predicted octanol–water partition coefficient (Wildman–Crippen LogP) is 2.13. The zero-order valence-corrected chi connectivity index (χ0v) is 18.3. The molecule has 0 atom stereocenters. The summed E-state index contributed by atoms with van der Waals surface area (Å²) in [6.07, 6.45) is 7.52. The average Bonchev–Trinajstić information content (AvgIpc) is 3.48. The van der Waals surface area contributed by atoms with Crippen LogP contribution in [0.2, 0.25) is 0 Å². The molecule has 12 heteroatoms. The molecule has 0 bridgehead atoms. The van der Waals surface area contributed by atoms with Crippen molar-refractivity contribution >= 4 is 29.3 Å². The van der Waals surface area contributed by atoms with E-state index in [0.717, 1.165) is 17.7 Å². The van der Waals surface area contributed by atoms with E-state index in [1.807, 2.05) is 26.1 Å². The molecule has 0 unspecified atom stereocenters. The summed E-state index contributed by atoms with van der Waals surface area (Å²) in [5.74, 6) is -0.182. The van der Waals surface area contributed by atoms with Gasteiger partial charge in [-0.2, -0.15) is 9.78 Å². The van der Waals surface area contributed by atoms with Gasteiger partial charge in [0.2, 0.25) is 11.6 Å². The smallest absolute Gasteiger partial charge is 0.293 e. The van der Waals surface area contributed by atoms with Crippen molar-refractivity contribution in [2.24, 2.45) is 5.10 Å². The van der Waals surface area contributed by atoms with E-state index < -0.39 is 5.91 Å². The number of hydrogen-bond acceptors (Lipinski definition) is 10. The Hall–Kier alpha value is -3.12. The number of nitrogens with two attached hydrogens (primary N) is 1. The molecule has 31 heavy (non-hydrogen) atoms. The molecule has 1 saturated carbocycles. The molecule has 0 aromatic carbocycles. The van der Waals surface area contributed by atoms with Gasteiger partial charge in [0, 0.05) is 22.3 Å². The number of aromatic nitrogens is 5. The van der Waals surface area contributed by atoms with Gasteiger partial charge < -0.3 is 5.73 Å². The number of nitrogens with zero attached hydrogens (tertiary/aromatic N) is 7. The quantitative estimate of drug-likeness (QED) is 0.418. The summed E-state index contributed by atoms with van der Waals surface area (Å²) in [4.78, 5) is 17.2. The molecule has 164 valence electrons. The Kier molecular flexibility index (Phi) is 6.37. The summed E-state index contributed by atoms with van der Waals surface area (Å²) in [7, 11) is 2.04. The maximum atomic E-state index is 12.8. The fourth-order valence-electron chi connectivity index (χ4n) is 3.75. The summed E-state index contributed by atoms with van der Waals surface area (Å²) in [5, 5.41) is 19.7. The van der Waals surface area contributed by atoms with Gasteiger partial charge in [-0.3, -0.25) is 9.69 Å². The predicted molar refractivity (Wildman–Crippen MR) is 116 cm³/mol. The minimum Gasteiger partial charge on any atom is -0.378 e. The highest BCUT2D eigenvalue weighted by Gasteiger charge is 2.27. The molecule has 1 amide bonds. The summed E-state index contributed by atoms with van der Waals surface area (Å²) in [6, 6.07) is 4.37. The van der Waals surface area contributed by atoms with Gasteiger partial charge in [0.05, 0.1) is 11.9 Å². The molecule has 0 saturated heterocycles. The molecule has 4 rings (SSSR count). The Bertz CT molecular complexity index is 1060. The molecule has 3 aromatic rings. The molecular formula is C19H25N9O2S. The van der Waals surface area contributed by atoms with Crippen molar-refractivity contribution in [3.63, 3.8) is 0 Å². The summed E-state index contributed by atoms with van der Waals surface area (Å²) in [5.41, 5.74) is 9.10. The molecule has 0 spiro atoms. The van der Waals surface area contributed by atoms with Gasteiger partial charge in [0.15, 0.2) is 5.69 Å². The lowest BCUT2D eigenvalue weighted by Crippen LogP contribution is -2.34. The van der Waals surface area contributed by atoms with E-state index in [9.17, 15) is 4.79 Å². The van der Waals surface area contributed by atoms with Gasteiger partial charge >= 0.3 is 0 Å². The second-order valence-corrected chi connectivity index (χ2v) is 8.94. The average molecular weight is 444 g/mol. The van der Waals surface area contributed by atoms with Gasteiger partial charge in [-0.15, -0.1) is 16.4 Å². The van der Waals surface area contributed by atoms with E-state index in [1.165, 1.54) is 28.8 Å². The fraction of sp³-hybridized carbons (Fsp3) is 0.474. The van der Waals surface area contributed by atoms with Crippen molar-refractivity contribution in [2.45, 2.75) is 51.6 Å². The van der Waals surface area contributed by atoms with Gasteiger partial charge in [0.1, 0.15) is 0 Å². The largest absolute Gasteiger partial charge is 0.378 e. The first-order chi connectivity index (χ1) is 15.0. The van der Waals surface area contributed by atoms with E-state index in [0.29, 0.717) is 18.3 Å². The summed E-state index contributed by atoms with van der Waals surface area (Å²) < 4.78 is 6.12. The number of thiophene rings is 1. The van der Waals surface area contributed by atoms with Crippen LogP contribution in [0.25, 0.3) is 5.82 Å². The topological polar surface area (TPSA) is 140 Å². The number of anilines is 1. The minimum absolute atomic E-state index is 0.0736. The van der Waals surface area contributed by atoms with Gasteiger partial charge in [-0.1, -0.05) is 24.5 Å². The van der Waals surface area contributed by atoms with Gasteiger partial charge in [-0.25, -0.2) is 10.1 Å². The van der Waals surface area contributed by atoms with E-state index >= 15 is 0 Å². The lowest BCUT2D eigenvalue weighted by molar-refractivity contribution is 0.0947. The number of carbonyl (C=O) groups excluding carboxylic acids is 1. The zero-order valence-electron chi connectivity index (χ0n) is 17.5. The molecule has 0 aliphatic heterocycles. The van der Waals surface area contributed by atoms with Crippen LogP contribution >= 0.6 is 11.3 Å². The Balaban J connectivity index is 1.57. The molecule has 3 heterocycles. The van der Waals surface area contributed by atoms with Crippen LogP contribution < -0.4 is 11.2 Å². The van der Waals surface area contributed by atoms with Crippen LogP contribution in [-0.4, -0.2) is 55.4 Å². The Morgan fingerprint density at radius 2 is 2.19 bits per heavy atom.